The summed E-state index contributed by atoms with van der Waals surface area (Å²) in [6, 6.07) is 25.7. The summed E-state index contributed by atoms with van der Waals surface area (Å²) in [6.07, 6.45) is 1.39. The summed E-state index contributed by atoms with van der Waals surface area (Å²) < 4.78 is 5.17. The summed E-state index contributed by atoms with van der Waals surface area (Å²) in [6.45, 7) is 2.14. The molecule has 0 aliphatic carbocycles. The molecule has 3 aromatic carbocycles. The molecule has 1 atom stereocenters. The lowest BCUT2D eigenvalue weighted by Gasteiger charge is -2.20. The number of ether oxygens (including phenoxy) is 1. The first-order valence-electron chi connectivity index (χ1n) is 9.27. The molecule has 27 heavy (non-hydrogen) atoms. The number of carbonyl (C=O) groups is 1. The molecule has 1 unspecified atom stereocenters. The van der Waals surface area contributed by atoms with E-state index in [0.717, 1.165) is 23.4 Å². The number of methoxy groups -OCH3 is 1. The third-order valence-electron chi connectivity index (χ3n) is 4.71. The highest BCUT2D eigenvalue weighted by molar-refractivity contribution is 5.96. The van der Waals surface area contributed by atoms with Crippen molar-refractivity contribution < 1.29 is 9.53 Å². The fourth-order valence-electron chi connectivity index (χ4n) is 3.06. The quantitative estimate of drug-likeness (QED) is 0.526. The van der Waals surface area contributed by atoms with Crippen molar-refractivity contribution in [3.63, 3.8) is 0 Å². The monoisotopic (exact) mass is 359 g/mol. The molecule has 0 aliphatic rings. The standard InChI is InChI=1S/C24H25NO2/c1-3-18-9-13-21(14-10-18)25-23(19-7-5-4-6-8-19)17-24(26)20-11-15-22(27-2)16-12-20/h4-16,23,25H,3,17H2,1-2H3. The molecule has 1 N–H and O–H groups in total. The summed E-state index contributed by atoms with van der Waals surface area (Å²) >= 11 is 0. The Hall–Kier alpha value is -3.07. The van der Waals surface area contributed by atoms with Crippen molar-refractivity contribution in [3.05, 3.63) is 95.6 Å². The normalized spacial score (nSPS) is 11.6. The second kappa shape index (κ2) is 9.04. The minimum Gasteiger partial charge on any atom is -0.497 e. The van der Waals surface area contributed by atoms with Crippen LogP contribution in [0.1, 0.15) is 40.9 Å². The molecule has 3 aromatic rings. The van der Waals surface area contributed by atoms with Crippen molar-refractivity contribution in [2.24, 2.45) is 0 Å². The smallest absolute Gasteiger partial charge is 0.165 e. The Morgan fingerprint density at radius 1 is 0.926 bits per heavy atom. The zero-order chi connectivity index (χ0) is 19.1. The molecule has 0 saturated heterocycles. The van der Waals surface area contributed by atoms with E-state index in [1.165, 1.54) is 5.56 Å². The highest BCUT2D eigenvalue weighted by atomic mass is 16.5. The fraction of sp³-hybridized carbons (Fsp3) is 0.208. The third-order valence-corrected chi connectivity index (χ3v) is 4.71. The van der Waals surface area contributed by atoms with Crippen LogP contribution in [0.25, 0.3) is 0 Å². The largest absolute Gasteiger partial charge is 0.497 e. The van der Waals surface area contributed by atoms with Gasteiger partial charge in [0.05, 0.1) is 13.2 Å². The van der Waals surface area contributed by atoms with E-state index in [9.17, 15) is 4.79 Å². The number of hydrogen-bond acceptors (Lipinski definition) is 3. The van der Waals surface area contributed by atoms with E-state index in [2.05, 4.69) is 48.6 Å². The van der Waals surface area contributed by atoms with Crippen LogP contribution in [0.3, 0.4) is 0 Å². The van der Waals surface area contributed by atoms with Crippen LogP contribution in [0.2, 0.25) is 0 Å². The van der Waals surface area contributed by atoms with Crippen LogP contribution in [0.15, 0.2) is 78.9 Å². The van der Waals surface area contributed by atoms with Crippen molar-refractivity contribution in [1.82, 2.24) is 0 Å². The van der Waals surface area contributed by atoms with E-state index in [1.54, 1.807) is 7.11 Å². The summed E-state index contributed by atoms with van der Waals surface area (Å²) in [7, 11) is 1.62. The van der Waals surface area contributed by atoms with Crippen molar-refractivity contribution in [3.8, 4) is 5.75 Å². The number of Topliss-reactive ketones (excluding diaryl/α,β-unsaturated/α-hetero) is 1. The number of rotatable bonds is 8. The van der Waals surface area contributed by atoms with Gasteiger partial charge in [-0.25, -0.2) is 0 Å². The van der Waals surface area contributed by atoms with Gasteiger partial charge >= 0.3 is 0 Å². The van der Waals surface area contributed by atoms with E-state index in [4.69, 9.17) is 4.74 Å². The maximum absolute atomic E-state index is 12.8. The summed E-state index contributed by atoms with van der Waals surface area (Å²) in [4.78, 5) is 12.8. The molecule has 0 aliphatic heterocycles. The Labute approximate surface area is 161 Å². The van der Waals surface area contributed by atoms with Gasteiger partial charge in [0.15, 0.2) is 5.78 Å². The van der Waals surface area contributed by atoms with Gasteiger partial charge in [-0.2, -0.15) is 0 Å². The number of hydrogen-bond donors (Lipinski definition) is 1. The second-order valence-electron chi connectivity index (χ2n) is 6.51. The van der Waals surface area contributed by atoms with Crippen LogP contribution in [-0.4, -0.2) is 12.9 Å². The van der Waals surface area contributed by atoms with Crippen LogP contribution in [0.5, 0.6) is 5.75 Å². The van der Waals surface area contributed by atoms with Gasteiger partial charge in [-0.3, -0.25) is 4.79 Å². The summed E-state index contributed by atoms with van der Waals surface area (Å²) in [5.41, 5.74) is 4.11. The lowest BCUT2D eigenvalue weighted by molar-refractivity contribution is 0.0976. The average molecular weight is 359 g/mol. The summed E-state index contributed by atoms with van der Waals surface area (Å²) in [5, 5.41) is 3.52. The maximum Gasteiger partial charge on any atom is 0.165 e. The number of carbonyl (C=O) groups excluding carboxylic acids is 1. The lowest BCUT2D eigenvalue weighted by Crippen LogP contribution is -2.15. The van der Waals surface area contributed by atoms with Crippen molar-refractivity contribution in [2.75, 3.05) is 12.4 Å². The number of benzene rings is 3. The number of aryl methyl sites for hydroxylation is 1. The Morgan fingerprint density at radius 3 is 2.19 bits per heavy atom. The predicted molar refractivity (Wildman–Crippen MR) is 111 cm³/mol. The van der Waals surface area contributed by atoms with Gasteiger partial charge < -0.3 is 10.1 Å². The maximum atomic E-state index is 12.8. The van der Waals surface area contributed by atoms with E-state index >= 15 is 0 Å². The summed E-state index contributed by atoms with van der Waals surface area (Å²) in [5.74, 6) is 0.851. The molecule has 0 aromatic heterocycles. The second-order valence-corrected chi connectivity index (χ2v) is 6.51. The van der Waals surface area contributed by atoms with E-state index in [1.807, 2.05) is 42.5 Å². The van der Waals surface area contributed by atoms with E-state index in [-0.39, 0.29) is 11.8 Å². The molecule has 3 heteroatoms. The molecule has 0 bridgehead atoms. The van der Waals surface area contributed by atoms with Gasteiger partial charge in [-0.05, 0) is 53.9 Å². The van der Waals surface area contributed by atoms with Crippen molar-refractivity contribution in [2.45, 2.75) is 25.8 Å². The van der Waals surface area contributed by atoms with Crippen LogP contribution in [-0.2, 0) is 6.42 Å². The van der Waals surface area contributed by atoms with E-state index < -0.39 is 0 Å². The van der Waals surface area contributed by atoms with Crippen LogP contribution >= 0.6 is 0 Å². The van der Waals surface area contributed by atoms with Crippen LogP contribution in [0, 0.1) is 0 Å². The topological polar surface area (TPSA) is 38.3 Å². The molecule has 138 valence electrons. The predicted octanol–water partition coefficient (Wildman–Crippen LogP) is 5.68. The van der Waals surface area contributed by atoms with Crippen molar-refractivity contribution >= 4 is 11.5 Å². The number of nitrogens with one attached hydrogen (secondary N) is 1. The molecule has 0 heterocycles. The highest BCUT2D eigenvalue weighted by Crippen LogP contribution is 2.25. The SMILES string of the molecule is CCc1ccc(NC(CC(=O)c2ccc(OC)cc2)c2ccccc2)cc1. The third kappa shape index (κ3) is 4.98. The molecule has 0 amide bonds. The zero-order valence-electron chi connectivity index (χ0n) is 15.8. The molecule has 0 saturated carbocycles. The Kier molecular flexibility index (Phi) is 6.26. The van der Waals surface area contributed by atoms with Gasteiger partial charge in [0.1, 0.15) is 5.75 Å². The van der Waals surface area contributed by atoms with Crippen LogP contribution < -0.4 is 10.1 Å². The van der Waals surface area contributed by atoms with E-state index in [0.29, 0.717) is 12.0 Å². The van der Waals surface area contributed by atoms with Gasteiger partial charge in [0, 0.05) is 17.7 Å². The number of anilines is 1. The van der Waals surface area contributed by atoms with Gasteiger partial charge in [0.2, 0.25) is 0 Å². The molecule has 0 fully saturated rings. The highest BCUT2D eigenvalue weighted by Gasteiger charge is 2.17. The molecular formula is C24H25NO2. The number of ketones is 1. The zero-order valence-corrected chi connectivity index (χ0v) is 15.8. The minimum absolute atomic E-state index is 0.0896. The Morgan fingerprint density at radius 2 is 1.59 bits per heavy atom. The Balaban J connectivity index is 1.79. The molecule has 3 rings (SSSR count). The first kappa shape index (κ1) is 18.7. The van der Waals surface area contributed by atoms with Gasteiger partial charge in [-0.1, -0.05) is 49.4 Å². The first-order chi connectivity index (χ1) is 13.2. The van der Waals surface area contributed by atoms with Crippen molar-refractivity contribution in [1.29, 1.82) is 0 Å². The molecule has 0 radical (unpaired) electrons. The Bertz CT molecular complexity index is 855. The average Bonchev–Trinajstić information content (AvgIpc) is 2.74. The molecule has 0 spiro atoms. The van der Waals surface area contributed by atoms with Gasteiger partial charge in [0.25, 0.3) is 0 Å². The lowest BCUT2D eigenvalue weighted by atomic mass is 9.97. The first-order valence-corrected chi connectivity index (χ1v) is 9.27. The minimum atomic E-state index is -0.0896. The molecule has 3 nitrogen and oxygen atoms in total. The van der Waals surface area contributed by atoms with Gasteiger partial charge in [-0.15, -0.1) is 0 Å². The van der Waals surface area contributed by atoms with Crippen LogP contribution in [0.4, 0.5) is 5.69 Å². The fourth-order valence-corrected chi connectivity index (χ4v) is 3.06. The molecular weight excluding hydrogens is 334 g/mol.